The number of ether oxygens (including phenoxy) is 3. The highest BCUT2D eigenvalue weighted by atomic mass is 32.1. The van der Waals surface area contributed by atoms with Gasteiger partial charge in [0, 0.05) is 27.8 Å². The van der Waals surface area contributed by atoms with E-state index in [0.29, 0.717) is 38.2 Å². The summed E-state index contributed by atoms with van der Waals surface area (Å²) in [5.41, 5.74) is 2.38. The lowest BCUT2D eigenvalue weighted by atomic mass is 10.2. The van der Waals surface area contributed by atoms with Gasteiger partial charge < -0.3 is 14.2 Å². The number of nitro groups is 1. The number of amides is 1. The van der Waals surface area contributed by atoms with Crippen LogP contribution >= 0.6 is 22.7 Å². The summed E-state index contributed by atoms with van der Waals surface area (Å²) in [7, 11) is 4.55. The van der Waals surface area contributed by atoms with Crippen molar-refractivity contribution in [3.8, 4) is 17.2 Å². The van der Waals surface area contributed by atoms with Gasteiger partial charge in [0.05, 0.1) is 47.6 Å². The van der Waals surface area contributed by atoms with E-state index in [9.17, 15) is 14.9 Å². The first-order chi connectivity index (χ1) is 18.8. The molecule has 0 aliphatic rings. The monoisotopic (exact) mass is 562 g/mol. The number of benzene rings is 3. The van der Waals surface area contributed by atoms with Crippen LogP contribution < -0.4 is 19.2 Å². The van der Waals surface area contributed by atoms with Crippen LogP contribution in [-0.4, -0.2) is 43.4 Å². The van der Waals surface area contributed by atoms with Crippen molar-refractivity contribution in [2.75, 3.05) is 26.3 Å². The van der Waals surface area contributed by atoms with E-state index in [1.165, 1.54) is 67.4 Å². The Morgan fingerprint density at radius 1 is 0.974 bits per heavy atom. The fourth-order valence-corrected chi connectivity index (χ4v) is 5.94. The molecular formula is C27H22N4O6S2. The maximum atomic E-state index is 13.8. The molecule has 1 amide bonds. The molecule has 39 heavy (non-hydrogen) atoms. The number of hydrazone groups is 1. The van der Waals surface area contributed by atoms with Crippen LogP contribution in [0.2, 0.25) is 0 Å². The first-order valence-corrected chi connectivity index (χ1v) is 13.2. The van der Waals surface area contributed by atoms with Crippen LogP contribution in [0.25, 0.3) is 20.3 Å². The second-order valence-corrected chi connectivity index (χ2v) is 10.5. The third-order valence-corrected chi connectivity index (χ3v) is 7.93. The van der Waals surface area contributed by atoms with E-state index < -0.39 is 10.8 Å². The summed E-state index contributed by atoms with van der Waals surface area (Å²) in [6, 6.07) is 15.4. The van der Waals surface area contributed by atoms with Crippen LogP contribution in [0.15, 0.2) is 59.7 Å². The molecule has 0 N–H and O–H groups in total. The SMILES string of the molecule is COc1cc(/C=N/N(C(=O)c2cc3cc([N+](=O)[O-])ccc3s2)c2nc3ccc(C)cc3s2)cc(OC)c1OC. The molecule has 3 aromatic carbocycles. The minimum Gasteiger partial charge on any atom is -0.493 e. The van der Waals surface area contributed by atoms with Crippen molar-refractivity contribution in [3.05, 3.63) is 80.7 Å². The minimum atomic E-state index is -0.463. The van der Waals surface area contributed by atoms with Crippen molar-refractivity contribution in [3.63, 3.8) is 0 Å². The van der Waals surface area contributed by atoms with Gasteiger partial charge in [-0.1, -0.05) is 17.4 Å². The molecule has 0 saturated carbocycles. The van der Waals surface area contributed by atoms with Gasteiger partial charge in [-0.3, -0.25) is 14.9 Å². The number of aryl methyl sites for hydroxylation is 1. The van der Waals surface area contributed by atoms with Gasteiger partial charge >= 0.3 is 0 Å². The second-order valence-electron chi connectivity index (χ2n) is 8.38. The predicted octanol–water partition coefficient (Wildman–Crippen LogP) is 6.43. The highest BCUT2D eigenvalue weighted by molar-refractivity contribution is 7.23. The van der Waals surface area contributed by atoms with Gasteiger partial charge in [0.25, 0.3) is 11.6 Å². The Balaban J connectivity index is 1.59. The van der Waals surface area contributed by atoms with E-state index >= 15 is 0 Å². The molecule has 0 fully saturated rings. The average Bonchev–Trinajstić information content (AvgIpc) is 3.55. The van der Waals surface area contributed by atoms with Crippen molar-refractivity contribution in [1.29, 1.82) is 0 Å². The first-order valence-electron chi connectivity index (χ1n) is 11.5. The number of non-ortho nitro benzene ring substituents is 1. The Labute approximate surface area is 230 Å². The van der Waals surface area contributed by atoms with Crippen LogP contribution in [0.5, 0.6) is 17.2 Å². The zero-order chi connectivity index (χ0) is 27.7. The number of thiazole rings is 1. The number of carbonyl (C=O) groups is 1. The highest BCUT2D eigenvalue weighted by Crippen LogP contribution is 2.38. The van der Waals surface area contributed by atoms with Gasteiger partial charge in [-0.2, -0.15) is 10.1 Å². The smallest absolute Gasteiger partial charge is 0.290 e. The number of rotatable bonds is 8. The van der Waals surface area contributed by atoms with Crippen molar-refractivity contribution in [2.24, 2.45) is 5.10 Å². The molecule has 5 aromatic rings. The third kappa shape index (κ3) is 5.11. The molecule has 0 atom stereocenters. The molecule has 12 heteroatoms. The number of carbonyl (C=O) groups excluding carboxylic acids is 1. The Morgan fingerprint density at radius 3 is 2.38 bits per heavy atom. The van der Waals surface area contributed by atoms with Crippen molar-refractivity contribution in [2.45, 2.75) is 6.92 Å². The molecule has 0 radical (unpaired) electrons. The number of nitrogens with zero attached hydrogens (tertiary/aromatic N) is 4. The van der Waals surface area contributed by atoms with E-state index in [0.717, 1.165) is 20.5 Å². The number of thiophene rings is 1. The normalized spacial score (nSPS) is 11.3. The topological polar surface area (TPSA) is 116 Å². The fourth-order valence-electron chi connectivity index (χ4n) is 3.95. The average molecular weight is 563 g/mol. The second kappa shape index (κ2) is 10.7. The zero-order valence-corrected chi connectivity index (χ0v) is 23.0. The van der Waals surface area contributed by atoms with E-state index in [2.05, 4.69) is 10.1 Å². The first kappa shape index (κ1) is 26.1. The van der Waals surface area contributed by atoms with Crippen LogP contribution in [0.1, 0.15) is 20.8 Å². The molecule has 2 heterocycles. The molecule has 5 rings (SSSR count). The summed E-state index contributed by atoms with van der Waals surface area (Å²) in [5, 5.41) is 18.0. The molecule has 0 aliphatic carbocycles. The Hall–Kier alpha value is -4.55. The molecule has 198 valence electrons. The lowest BCUT2D eigenvalue weighted by molar-refractivity contribution is -0.384. The Kier molecular flexibility index (Phi) is 7.13. The zero-order valence-electron chi connectivity index (χ0n) is 21.3. The molecule has 2 aromatic heterocycles. The summed E-state index contributed by atoms with van der Waals surface area (Å²) < 4.78 is 17.9. The summed E-state index contributed by atoms with van der Waals surface area (Å²) in [4.78, 5) is 29.6. The van der Waals surface area contributed by atoms with Crippen LogP contribution in [0.4, 0.5) is 10.8 Å². The van der Waals surface area contributed by atoms with E-state index in [-0.39, 0.29) is 5.69 Å². The summed E-state index contributed by atoms with van der Waals surface area (Å²) in [5.74, 6) is 0.903. The molecule has 10 nitrogen and oxygen atoms in total. The molecule has 0 bridgehead atoms. The quantitative estimate of drug-likeness (QED) is 0.121. The standard InChI is InChI=1S/C27H22N4O6S2/c1-15-5-7-19-23(9-15)39-27(29-19)30(28-14-16-10-20(35-2)25(37-4)21(11-16)36-3)26(32)24-13-17-12-18(31(33)34)6-8-22(17)38-24/h5-14H,1-4H3/b28-14+. The number of anilines is 1. The van der Waals surface area contributed by atoms with Crippen LogP contribution in [-0.2, 0) is 0 Å². The summed E-state index contributed by atoms with van der Waals surface area (Å²) in [6.45, 7) is 1.99. The van der Waals surface area contributed by atoms with E-state index in [1.807, 2.05) is 25.1 Å². The molecule has 0 saturated heterocycles. The summed E-state index contributed by atoms with van der Waals surface area (Å²) in [6.07, 6.45) is 1.51. The van der Waals surface area contributed by atoms with Gasteiger partial charge in [0.1, 0.15) is 0 Å². The number of hydrogen-bond acceptors (Lipinski definition) is 10. The number of fused-ring (bicyclic) bond motifs is 2. The van der Waals surface area contributed by atoms with Gasteiger partial charge in [-0.25, -0.2) is 4.98 Å². The highest BCUT2D eigenvalue weighted by Gasteiger charge is 2.24. The van der Waals surface area contributed by atoms with Crippen molar-refractivity contribution >= 4 is 65.9 Å². The van der Waals surface area contributed by atoms with Crippen LogP contribution in [0.3, 0.4) is 0 Å². The molecule has 0 aliphatic heterocycles. The molecular weight excluding hydrogens is 540 g/mol. The summed E-state index contributed by atoms with van der Waals surface area (Å²) >= 11 is 2.57. The number of aromatic nitrogens is 1. The number of nitro benzene ring substituents is 1. The fraction of sp³-hybridized carbons (Fsp3) is 0.148. The number of hydrogen-bond donors (Lipinski definition) is 0. The Bertz CT molecular complexity index is 1740. The third-order valence-electron chi connectivity index (χ3n) is 5.84. The van der Waals surface area contributed by atoms with E-state index in [4.69, 9.17) is 14.2 Å². The van der Waals surface area contributed by atoms with Crippen molar-refractivity contribution in [1.82, 2.24) is 4.98 Å². The lowest BCUT2D eigenvalue weighted by Gasteiger charge is -2.14. The molecule has 0 unspecified atom stereocenters. The van der Waals surface area contributed by atoms with Gasteiger partial charge in [-0.15, -0.1) is 11.3 Å². The van der Waals surface area contributed by atoms with Gasteiger partial charge in [0.15, 0.2) is 11.5 Å². The Morgan fingerprint density at radius 2 is 1.72 bits per heavy atom. The minimum absolute atomic E-state index is 0.0434. The lowest BCUT2D eigenvalue weighted by Crippen LogP contribution is -2.24. The van der Waals surface area contributed by atoms with Crippen LogP contribution in [0, 0.1) is 17.0 Å². The molecule has 0 spiro atoms. The maximum Gasteiger partial charge on any atom is 0.290 e. The largest absolute Gasteiger partial charge is 0.493 e. The number of methoxy groups -OCH3 is 3. The van der Waals surface area contributed by atoms with Gasteiger partial charge in [-0.05, 0) is 48.9 Å². The van der Waals surface area contributed by atoms with E-state index in [1.54, 1.807) is 24.3 Å². The van der Waals surface area contributed by atoms with Gasteiger partial charge in [0.2, 0.25) is 10.9 Å². The maximum absolute atomic E-state index is 13.8. The van der Waals surface area contributed by atoms with Crippen molar-refractivity contribution < 1.29 is 23.9 Å². The predicted molar refractivity (Wildman–Crippen MR) is 153 cm³/mol.